The molecule has 0 spiro atoms. The maximum Gasteiger partial charge on any atom is 0.188 e. The zero-order valence-electron chi connectivity index (χ0n) is 7.23. The van der Waals surface area contributed by atoms with Crippen molar-refractivity contribution in [3.05, 3.63) is 5.82 Å². The van der Waals surface area contributed by atoms with Gasteiger partial charge < -0.3 is 9.67 Å². The van der Waals surface area contributed by atoms with Gasteiger partial charge in [0.2, 0.25) is 0 Å². The van der Waals surface area contributed by atoms with Crippen molar-refractivity contribution in [1.82, 2.24) is 14.8 Å². The summed E-state index contributed by atoms with van der Waals surface area (Å²) in [5, 5.41) is 17.0. The van der Waals surface area contributed by atoms with Crippen molar-refractivity contribution in [2.24, 2.45) is 5.92 Å². The first kappa shape index (κ1) is 9.54. The second kappa shape index (κ2) is 3.91. The van der Waals surface area contributed by atoms with Crippen molar-refractivity contribution in [2.75, 3.05) is 0 Å². The topological polar surface area (TPSA) is 50.9 Å². The van der Waals surface area contributed by atoms with Crippen molar-refractivity contribution < 1.29 is 5.11 Å². The minimum Gasteiger partial charge on any atom is -0.388 e. The SMILES string of the molecule is CC(C)Cn1c(S)nnc1CO. The second-order valence-corrected chi connectivity index (χ2v) is 3.48. The molecule has 0 bridgehead atoms. The molecule has 4 nitrogen and oxygen atoms in total. The first-order valence-corrected chi connectivity index (χ1v) is 4.31. The van der Waals surface area contributed by atoms with E-state index in [-0.39, 0.29) is 6.61 Å². The summed E-state index contributed by atoms with van der Waals surface area (Å²) in [7, 11) is 0. The molecule has 1 N–H and O–H groups in total. The van der Waals surface area contributed by atoms with E-state index in [4.69, 9.17) is 5.11 Å². The number of hydrogen-bond donors (Lipinski definition) is 2. The Balaban J connectivity index is 2.86. The monoisotopic (exact) mass is 187 g/mol. The molecule has 0 aromatic carbocycles. The summed E-state index contributed by atoms with van der Waals surface area (Å²) in [5.41, 5.74) is 0. The summed E-state index contributed by atoms with van der Waals surface area (Å²) in [6.07, 6.45) is 0. The van der Waals surface area contributed by atoms with Crippen molar-refractivity contribution in [1.29, 1.82) is 0 Å². The van der Waals surface area contributed by atoms with E-state index < -0.39 is 0 Å². The zero-order valence-corrected chi connectivity index (χ0v) is 8.12. The van der Waals surface area contributed by atoms with Gasteiger partial charge in [0.25, 0.3) is 0 Å². The fourth-order valence-electron chi connectivity index (χ4n) is 0.995. The van der Waals surface area contributed by atoms with Crippen LogP contribution in [0.4, 0.5) is 0 Å². The molecule has 0 unspecified atom stereocenters. The molecule has 0 fully saturated rings. The smallest absolute Gasteiger partial charge is 0.188 e. The second-order valence-electron chi connectivity index (χ2n) is 3.08. The number of rotatable bonds is 3. The van der Waals surface area contributed by atoms with Crippen LogP contribution in [-0.2, 0) is 13.2 Å². The van der Waals surface area contributed by atoms with E-state index in [1.807, 2.05) is 4.57 Å². The number of nitrogens with zero attached hydrogens (tertiary/aromatic N) is 3. The molecular weight excluding hydrogens is 174 g/mol. The van der Waals surface area contributed by atoms with Crippen LogP contribution in [-0.4, -0.2) is 19.9 Å². The highest BCUT2D eigenvalue weighted by Crippen LogP contribution is 2.09. The Kier molecular flexibility index (Phi) is 3.11. The average Bonchev–Trinajstić information content (AvgIpc) is 2.32. The molecule has 0 radical (unpaired) electrons. The highest BCUT2D eigenvalue weighted by molar-refractivity contribution is 7.80. The Labute approximate surface area is 77.0 Å². The predicted molar refractivity (Wildman–Crippen MR) is 48.0 cm³/mol. The third-order valence-electron chi connectivity index (χ3n) is 1.50. The maximum absolute atomic E-state index is 8.89. The molecule has 0 atom stereocenters. The predicted octanol–water partition coefficient (Wildman–Crippen LogP) is 0.715. The number of hydrogen-bond acceptors (Lipinski definition) is 4. The number of aromatic nitrogens is 3. The molecule has 68 valence electrons. The maximum atomic E-state index is 8.89. The highest BCUT2D eigenvalue weighted by Gasteiger charge is 2.08. The highest BCUT2D eigenvalue weighted by atomic mass is 32.1. The fraction of sp³-hybridized carbons (Fsp3) is 0.714. The van der Waals surface area contributed by atoms with E-state index in [9.17, 15) is 0 Å². The zero-order chi connectivity index (χ0) is 9.14. The third-order valence-corrected chi connectivity index (χ3v) is 1.83. The van der Waals surface area contributed by atoms with Gasteiger partial charge in [0.15, 0.2) is 11.0 Å². The molecule has 0 aliphatic heterocycles. The van der Waals surface area contributed by atoms with Crippen LogP contribution >= 0.6 is 12.6 Å². The van der Waals surface area contributed by atoms with Crippen molar-refractivity contribution in [2.45, 2.75) is 32.2 Å². The summed E-state index contributed by atoms with van der Waals surface area (Å²) in [5.74, 6) is 1.07. The van der Waals surface area contributed by atoms with Crippen LogP contribution in [0.15, 0.2) is 5.16 Å². The molecular formula is C7H13N3OS. The van der Waals surface area contributed by atoms with Crippen LogP contribution in [0.1, 0.15) is 19.7 Å². The van der Waals surface area contributed by atoms with Crippen molar-refractivity contribution in [3.8, 4) is 0 Å². The molecule has 1 rings (SSSR count). The van der Waals surface area contributed by atoms with E-state index in [1.54, 1.807) is 0 Å². The lowest BCUT2D eigenvalue weighted by molar-refractivity contribution is 0.260. The first-order chi connectivity index (χ1) is 5.65. The lowest BCUT2D eigenvalue weighted by Crippen LogP contribution is -2.09. The number of aliphatic hydroxyl groups excluding tert-OH is 1. The van der Waals surface area contributed by atoms with Gasteiger partial charge in [0, 0.05) is 6.54 Å². The van der Waals surface area contributed by atoms with Gasteiger partial charge in [-0.25, -0.2) is 0 Å². The first-order valence-electron chi connectivity index (χ1n) is 3.87. The lowest BCUT2D eigenvalue weighted by atomic mass is 10.2. The Morgan fingerprint density at radius 2 is 2.17 bits per heavy atom. The third kappa shape index (κ3) is 1.98. The van der Waals surface area contributed by atoms with Gasteiger partial charge in [-0.1, -0.05) is 13.8 Å². The summed E-state index contributed by atoms with van der Waals surface area (Å²) in [4.78, 5) is 0. The fourth-order valence-corrected chi connectivity index (χ4v) is 1.24. The van der Waals surface area contributed by atoms with Crippen molar-refractivity contribution >= 4 is 12.6 Å². The molecule has 0 saturated heterocycles. The molecule has 5 heteroatoms. The molecule has 1 aromatic heterocycles. The van der Waals surface area contributed by atoms with Gasteiger partial charge in [-0.05, 0) is 5.92 Å². The Morgan fingerprint density at radius 3 is 2.67 bits per heavy atom. The number of thiol groups is 1. The van der Waals surface area contributed by atoms with Crippen molar-refractivity contribution in [3.63, 3.8) is 0 Å². The normalized spacial score (nSPS) is 11.1. The quantitative estimate of drug-likeness (QED) is 0.685. The molecule has 0 amide bonds. The minimum atomic E-state index is -0.0831. The molecule has 0 aliphatic carbocycles. The largest absolute Gasteiger partial charge is 0.388 e. The molecule has 0 aliphatic rings. The Morgan fingerprint density at radius 1 is 1.50 bits per heavy atom. The summed E-state index contributed by atoms with van der Waals surface area (Å²) < 4.78 is 1.81. The summed E-state index contributed by atoms with van der Waals surface area (Å²) in [6.45, 7) is 4.89. The van der Waals surface area contributed by atoms with Gasteiger partial charge in [0.05, 0.1) is 0 Å². The summed E-state index contributed by atoms with van der Waals surface area (Å²) >= 11 is 4.13. The van der Waals surface area contributed by atoms with Gasteiger partial charge in [-0.3, -0.25) is 0 Å². The van der Waals surface area contributed by atoms with E-state index in [2.05, 4.69) is 36.7 Å². The van der Waals surface area contributed by atoms with Crippen LogP contribution in [0.5, 0.6) is 0 Å². The van der Waals surface area contributed by atoms with Crippen LogP contribution < -0.4 is 0 Å². The van der Waals surface area contributed by atoms with Crippen LogP contribution in [0.25, 0.3) is 0 Å². The van der Waals surface area contributed by atoms with E-state index >= 15 is 0 Å². The summed E-state index contributed by atoms with van der Waals surface area (Å²) in [6, 6.07) is 0. The molecule has 12 heavy (non-hydrogen) atoms. The van der Waals surface area contributed by atoms with Gasteiger partial charge >= 0.3 is 0 Å². The van der Waals surface area contributed by atoms with Crippen LogP contribution in [0.3, 0.4) is 0 Å². The molecule has 1 aromatic rings. The standard InChI is InChI=1S/C7H13N3OS/c1-5(2)3-10-6(4-11)8-9-7(10)12/h5,11H,3-4H2,1-2H3,(H,9,12). The Hall–Kier alpha value is -0.550. The number of aliphatic hydroxyl groups is 1. The molecule has 1 heterocycles. The van der Waals surface area contributed by atoms with Crippen LogP contribution in [0, 0.1) is 5.92 Å². The Bertz CT molecular complexity index is 259. The minimum absolute atomic E-state index is 0.0831. The van der Waals surface area contributed by atoms with Gasteiger partial charge in [0.1, 0.15) is 6.61 Å². The van der Waals surface area contributed by atoms with E-state index in [1.165, 1.54) is 0 Å². The average molecular weight is 187 g/mol. The molecule has 0 saturated carbocycles. The van der Waals surface area contributed by atoms with Gasteiger partial charge in [-0.15, -0.1) is 22.8 Å². The van der Waals surface area contributed by atoms with Crippen LogP contribution in [0.2, 0.25) is 0 Å². The van der Waals surface area contributed by atoms with E-state index in [0.717, 1.165) is 6.54 Å². The lowest BCUT2D eigenvalue weighted by Gasteiger charge is -2.08. The van der Waals surface area contributed by atoms with E-state index in [0.29, 0.717) is 16.9 Å². The van der Waals surface area contributed by atoms with Gasteiger partial charge in [-0.2, -0.15) is 0 Å².